The van der Waals surface area contributed by atoms with Gasteiger partial charge in [-0.3, -0.25) is 4.98 Å². The predicted molar refractivity (Wildman–Crippen MR) is 97.1 cm³/mol. The van der Waals surface area contributed by atoms with Crippen LogP contribution < -0.4 is 4.90 Å². The minimum absolute atomic E-state index is 0.196. The molecule has 7 heteroatoms. The van der Waals surface area contributed by atoms with Gasteiger partial charge >= 0.3 is 5.97 Å². The van der Waals surface area contributed by atoms with Gasteiger partial charge in [0.05, 0.1) is 17.6 Å². The van der Waals surface area contributed by atoms with Crippen molar-refractivity contribution in [3.05, 3.63) is 65.7 Å². The van der Waals surface area contributed by atoms with Gasteiger partial charge in [-0.05, 0) is 36.4 Å². The first-order chi connectivity index (χ1) is 12.0. The van der Waals surface area contributed by atoms with Gasteiger partial charge in [-0.25, -0.2) is 9.78 Å². The Labute approximate surface area is 150 Å². The molecule has 1 aromatic carbocycles. The molecular weight excluding hydrogens is 340 g/mol. The molecule has 0 atom stereocenters. The summed E-state index contributed by atoms with van der Waals surface area (Å²) in [4.78, 5) is 21.7. The number of carboxylic acid groups (broad SMARTS) is 1. The number of halogens is 1. The smallest absolute Gasteiger partial charge is 0.335 e. The SMILES string of the molecule is CN(CCn1cnc(-c2cc(C(=O)O)ccn2)c1)c1ccc(Cl)cc1. The number of hydrogen-bond acceptors (Lipinski definition) is 4. The third kappa shape index (κ3) is 4.16. The minimum Gasteiger partial charge on any atom is -0.478 e. The lowest BCUT2D eigenvalue weighted by molar-refractivity contribution is 0.0697. The van der Waals surface area contributed by atoms with Crippen LogP contribution in [0.2, 0.25) is 5.02 Å². The number of hydrogen-bond donors (Lipinski definition) is 1. The van der Waals surface area contributed by atoms with Crippen molar-refractivity contribution >= 4 is 23.3 Å². The fraction of sp³-hybridized carbons (Fsp3) is 0.167. The van der Waals surface area contributed by atoms with E-state index in [4.69, 9.17) is 16.7 Å². The Kier molecular flexibility index (Phi) is 5.00. The van der Waals surface area contributed by atoms with E-state index in [1.54, 1.807) is 6.33 Å². The second-order valence-electron chi connectivity index (χ2n) is 5.63. The second-order valence-corrected chi connectivity index (χ2v) is 6.07. The predicted octanol–water partition coefficient (Wildman–Crippen LogP) is 3.43. The van der Waals surface area contributed by atoms with E-state index in [0.717, 1.165) is 18.8 Å². The lowest BCUT2D eigenvalue weighted by atomic mass is 10.2. The quantitative estimate of drug-likeness (QED) is 0.732. The van der Waals surface area contributed by atoms with Crippen LogP contribution in [0.1, 0.15) is 10.4 Å². The Morgan fingerprint density at radius 1 is 1.20 bits per heavy atom. The van der Waals surface area contributed by atoms with Crippen LogP contribution in [0.4, 0.5) is 5.69 Å². The number of anilines is 1. The number of imidazole rings is 1. The Hall–Kier alpha value is -2.86. The van der Waals surface area contributed by atoms with Crippen LogP contribution in [-0.4, -0.2) is 39.2 Å². The van der Waals surface area contributed by atoms with Crippen molar-refractivity contribution in [3.63, 3.8) is 0 Å². The minimum atomic E-state index is -0.979. The van der Waals surface area contributed by atoms with Crippen molar-refractivity contribution in [1.29, 1.82) is 0 Å². The van der Waals surface area contributed by atoms with Crippen LogP contribution in [0.25, 0.3) is 11.4 Å². The van der Waals surface area contributed by atoms with Gasteiger partial charge in [0.1, 0.15) is 5.69 Å². The van der Waals surface area contributed by atoms with Gasteiger partial charge in [0.15, 0.2) is 0 Å². The van der Waals surface area contributed by atoms with Gasteiger partial charge in [-0.1, -0.05) is 11.6 Å². The number of aromatic nitrogens is 3. The standard InChI is InChI=1S/C18H17ClN4O2/c1-22(15-4-2-14(19)3-5-15)8-9-23-11-17(21-12-23)16-10-13(18(24)25)6-7-20-16/h2-7,10-12H,8-9H2,1H3,(H,24,25). The summed E-state index contributed by atoms with van der Waals surface area (Å²) >= 11 is 5.91. The topological polar surface area (TPSA) is 71.2 Å². The lowest BCUT2D eigenvalue weighted by Gasteiger charge is -2.19. The van der Waals surface area contributed by atoms with E-state index in [2.05, 4.69) is 14.9 Å². The van der Waals surface area contributed by atoms with Crippen LogP contribution in [0.5, 0.6) is 0 Å². The maximum Gasteiger partial charge on any atom is 0.335 e. The summed E-state index contributed by atoms with van der Waals surface area (Å²) in [5.41, 5.74) is 2.48. The number of carboxylic acids is 1. The maximum atomic E-state index is 11.1. The molecule has 0 fully saturated rings. The van der Waals surface area contributed by atoms with Crippen molar-refractivity contribution in [2.24, 2.45) is 0 Å². The molecule has 2 heterocycles. The molecule has 0 spiro atoms. The third-order valence-corrected chi connectivity index (χ3v) is 4.12. The average Bonchev–Trinajstić information content (AvgIpc) is 3.09. The molecule has 0 aliphatic heterocycles. The molecule has 0 unspecified atom stereocenters. The van der Waals surface area contributed by atoms with E-state index in [9.17, 15) is 4.79 Å². The lowest BCUT2D eigenvalue weighted by Crippen LogP contribution is -2.22. The normalized spacial score (nSPS) is 10.6. The van der Waals surface area contributed by atoms with E-state index in [1.165, 1.54) is 18.3 Å². The molecule has 3 aromatic rings. The fourth-order valence-corrected chi connectivity index (χ4v) is 2.53. The second kappa shape index (κ2) is 7.36. The van der Waals surface area contributed by atoms with Crippen LogP contribution in [0.3, 0.4) is 0 Å². The van der Waals surface area contributed by atoms with Crippen LogP contribution >= 0.6 is 11.6 Å². The number of carbonyl (C=O) groups is 1. The molecule has 0 aliphatic rings. The summed E-state index contributed by atoms with van der Waals surface area (Å²) in [5.74, 6) is -0.979. The van der Waals surface area contributed by atoms with E-state index >= 15 is 0 Å². The van der Waals surface area contributed by atoms with Crippen molar-refractivity contribution < 1.29 is 9.90 Å². The number of nitrogens with zero attached hydrogens (tertiary/aromatic N) is 4. The Morgan fingerprint density at radius 3 is 2.68 bits per heavy atom. The Bertz CT molecular complexity index is 877. The van der Waals surface area contributed by atoms with Gasteiger partial charge in [0.25, 0.3) is 0 Å². The molecule has 1 N–H and O–H groups in total. The van der Waals surface area contributed by atoms with Crippen molar-refractivity contribution in [2.75, 3.05) is 18.5 Å². The van der Waals surface area contributed by atoms with Crippen molar-refractivity contribution in [2.45, 2.75) is 6.54 Å². The molecule has 0 aliphatic carbocycles. The molecular formula is C18H17ClN4O2. The molecule has 2 aromatic heterocycles. The van der Waals surface area contributed by atoms with E-state index in [-0.39, 0.29) is 5.56 Å². The Morgan fingerprint density at radius 2 is 1.96 bits per heavy atom. The summed E-state index contributed by atoms with van der Waals surface area (Å²) in [7, 11) is 2.01. The zero-order valence-electron chi connectivity index (χ0n) is 13.6. The summed E-state index contributed by atoms with van der Waals surface area (Å²) in [6, 6.07) is 10.7. The number of rotatable bonds is 6. The first kappa shape index (κ1) is 17.0. The zero-order valence-corrected chi connectivity index (χ0v) is 14.4. The van der Waals surface area contributed by atoms with Crippen molar-refractivity contribution in [1.82, 2.24) is 14.5 Å². The van der Waals surface area contributed by atoms with E-state index in [0.29, 0.717) is 16.4 Å². The molecule has 128 valence electrons. The van der Waals surface area contributed by atoms with E-state index < -0.39 is 5.97 Å². The molecule has 0 bridgehead atoms. The van der Waals surface area contributed by atoms with Crippen LogP contribution in [-0.2, 0) is 6.54 Å². The number of benzene rings is 1. The van der Waals surface area contributed by atoms with Crippen LogP contribution in [0.15, 0.2) is 55.1 Å². The van der Waals surface area contributed by atoms with Gasteiger partial charge in [-0.15, -0.1) is 0 Å². The van der Waals surface area contributed by atoms with Gasteiger partial charge in [0, 0.05) is 43.2 Å². The summed E-state index contributed by atoms with van der Waals surface area (Å²) in [6.07, 6.45) is 5.07. The van der Waals surface area contributed by atoms with E-state index in [1.807, 2.05) is 42.1 Å². The molecule has 0 saturated carbocycles. The zero-order chi connectivity index (χ0) is 17.8. The maximum absolute atomic E-state index is 11.1. The van der Waals surface area contributed by atoms with Gasteiger partial charge in [0.2, 0.25) is 0 Å². The third-order valence-electron chi connectivity index (χ3n) is 3.86. The highest BCUT2D eigenvalue weighted by Crippen LogP contribution is 2.18. The Balaban J connectivity index is 1.66. The summed E-state index contributed by atoms with van der Waals surface area (Å²) in [5, 5.41) is 9.78. The molecule has 0 amide bonds. The van der Waals surface area contributed by atoms with Crippen molar-refractivity contribution in [3.8, 4) is 11.4 Å². The molecule has 6 nitrogen and oxygen atoms in total. The number of aromatic carboxylic acids is 1. The highest BCUT2D eigenvalue weighted by atomic mass is 35.5. The monoisotopic (exact) mass is 356 g/mol. The average molecular weight is 357 g/mol. The highest BCUT2D eigenvalue weighted by Gasteiger charge is 2.09. The first-order valence-electron chi connectivity index (χ1n) is 7.71. The van der Waals surface area contributed by atoms with Gasteiger partial charge in [-0.2, -0.15) is 0 Å². The molecule has 25 heavy (non-hydrogen) atoms. The number of pyridine rings is 1. The van der Waals surface area contributed by atoms with Gasteiger partial charge < -0.3 is 14.6 Å². The first-order valence-corrected chi connectivity index (χ1v) is 8.09. The molecule has 3 rings (SSSR count). The molecule has 0 radical (unpaired) electrons. The summed E-state index contributed by atoms with van der Waals surface area (Å²) in [6.45, 7) is 1.53. The summed E-state index contributed by atoms with van der Waals surface area (Å²) < 4.78 is 1.96. The number of likely N-dealkylation sites (N-methyl/N-ethyl adjacent to an activating group) is 1. The highest BCUT2D eigenvalue weighted by molar-refractivity contribution is 6.30. The largest absolute Gasteiger partial charge is 0.478 e. The fourth-order valence-electron chi connectivity index (χ4n) is 2.41. The molecule has 0 saturated heterocycles. The van der Waals surface area contributed by atoms with Crippen LogP contribution in [0, 0.1) is 0 Å².